The summed E-state index contributed by atoms with van der Waals surface area (Å²) in [5.41, 5.74) is 0.999. The van der Waals surface area contributed by atoms with Gasteiger partial charge in [0, 0.05) is 18.2 Å². The lowest BCUT2D eigenvalue weighted by molar-refractivity contribution is 0.131. The molecular weight excluding hydrogens is 242 g/mol. The third kappa shape index (κ3) is 3.79. The molecule has 0 spiro atoms. The Balaban J connectivity index is 1.73. The second-order valence-corrected chi connectivity index (χ2v) is 5.25. The molecule has 1 aromatic carbocycles. The lowest BCUT2D eigenvalue weighted by Gasteiger charge is -2.33. The van der Waals surface area contributed by atoms with E-state index in [1.54, 1.807) is 0 Å². The van der Waals surface area contributed by atoms with E-state index in [0.29, 0.717) is 17.7 Å². The van der Waals surface area contributed by atoms with E-state index in [1.165, 1.54) is 25.8 Å². The minimum Gasteiger partial charge on any atom is -0.482 e. The SMILES string of the molecule is C[C@H]1CCCCN1CCOC(=S)c1ccccc1. The molecule has 0 aromatic heterocycles. The number of benzene rings is 1. The Kier molecular flexibility index (Phi) is 5.14. The molecular formula is C15H21NOS. The van der Waals surface area contributed by atoms with E-state index in [1.807, 2.05) is 30.3 Å². The molecule has 0 unspecified atom stereocenters. The molecule has 0 N–H and O–H groups in total. The summed E-state index contributed by atoms with van der Waals surface area (Å²) in [7, 11) is 0. The smallest absolute Gasteiger partial charge is 0.191 e. The van der Waals surface area contributed by atoms with Crippen LogP contribution in [0.1, 0.15) is 31.7 Å². The number of ether oxygens (including phenoxy) is 1. The molecule has 1 saturated heterocycles. The molecule has 1 aliphatic heterocycles. The first-order valence-corrected chi connectivity index (χ1v) is 7.14. The van der Waals surface area contributed by atoms with Crippen molar-refractivity contribution in [2.24, 2.45) is 0 Å². The normalized spacial score (nSPS) is 20.6. The van der Waals surface area contributed by atoms with E-state index in [-0.39, 0.29) is 0 Å². The summed E-state index contributed by atoms with van der Waals surface area (Å²) in [5, 5.41) is 0.611. The average molecular weight is 263 g/mol. The van der Waals surface area contributed by atoms with Gasteiger partial charge in [0.05, 0.1) is 0 Å². The summed E-state index contributed by atoms with van der Waals surface area (Å²) >= 11 is 5.28. The molecule has 1 fully saturated rings. The van der Waals surface area contributed by atoms with E-state index in [0.717, 1.165) is 12.1 Å². The van der Waals surface area contributed by atoms with Gasteiger partial charge in [0.25, 0.3) is 0 Å². The Bertz CT molecular complexity index is 379. The maximum absolute atomic E-state index is 5.67. The molecule has 98 valence electrons. The number of rotatable bonds is 4. The van der Waals surface area contributed by atoms with Crippen LogP contribution in [0.15, 0.2) is 30.3 Å². The van der Waals surface area contributed by atoms with Gasteiger partial charge >= 0.3 is 0 Å². The fourth-order valence-electron chi connectivity index (χ4n) is 2.40. The fraction of sp³-hybridized carbons (Fsp3) is 0.533. The molecule has 0 aliphatic carbocycles. The predicted octanol–water partition coefficient (Wildman–Crippen LogP) is 3.25. The van der Waals surface area contributed by atoms with Crippen molar-refractivity contribution in [3.05, 3.63) is 35.9 Å². The van der Waals surface area contributed by atoms with Crippen LogP contribution in [0.4, 0.5) is 0 Å². The number of hydrogen-bond donors (Lipinski definition) is 0. The number of likely N-dealkylation sites (tertiary alicyclic amines) is 1. The van der Waals surface area contributed by atoms with E-state index in [9.17, 15) is 0 Å². The van der Waals surface area contributed by atoms with Crippen LogP contribution in [-0.2, 0) is 4.74 Å². The van der Waals surface area contributed by atoms with Gasteiger partial charge in [-0.05, 0) is 38.5 Å². The first kappa shape index (κ1) is 13.5. The third-order valence-electron chi connectivity index (χ3n) is 3.56. The second-order valence-electron chi connectivity index (χ2n) is 4.88. The Morgan fingerprint density at radius 1 is 1.33 bits per heavy atom. The standard InChI is InChI=1S/C15H21NOS/c1-13-7-5-6-10-16(13)11-12-17-15(18)14-8-3-2-4-9-14/h2-4,8-9,13H,5-7,10-12H2,1H3/t13-/m0/s1. The maximum Gasteiger partial charge on any atom is 0.191 e. The number of hydrogen-bond acceptors (Lipinski definition) is 3. The third-order valence-corrected chi connectivity index (χ3v) is 3.92. The van der Waals surface area contributed by atoms with Gasteiger partial charge in [-0.3, -0.25) is 4.90 Å². The molecule has 3 heteroatoms. The van der Waals surface area contributed by atoms with Crippen LogP contribution in [0.25, 0.3) is 0 Å². The van der Waals surface area contributed by atoms with Crippen LogP contribution < -0.4 is 0 Å². The van der Waals surface area contributed by atoms with Crippen molar-refractivity contribution in [2.75, 3.05) is 19.7 Å². The monoisotopic (exact) mass is 263 g/mol. The lowest BCUT2D eigenvalue weighted by atomic mass is 10.0. The average Bonchev–Trinajstić information content (AvgIpc) is 2.42. The van der Waals surface area contributed by atoms with Crippen LogP contribution >= 0.6 is 12.2 Å². The summed E-state index contributed by atoms with van der Waals surface area (Å²) in [6.07, 6.45) is 3.98. The number of thiocarbonyl (C=S) groups is 1. The highest BCUT2D eigenvalue weighted by Crippen LogP contribution is 2.15. The van der Waals surface area contributed by atoms with Crippen LogP contribution in [0.2, 0.25) is 0 Å². The van der Waals surface area contributed by atoms with Gasteiger partial charge in [-0.15, -0.1) is 0 Å². The Hall–Kier alpha value is -0.930. The zero-order chi connectivity index (χ0) is 12.8. The van der Waals surface area contributed by atoms with Crippen molar-refractivity contribution in [2.45, 2.75) is 32.2 Å². The highest BCUT2D eigenvalue weighted by atomic mass is 32.1. The van der Waals surface area contributed by atoms with Gasteiger partial charge in [0.2, 0.25) is 0 Å². The summed E-state index contributed by atoms with van der Waals surface area (Å²) < 4.78 is 5.67. The van der Waals surface area contributed by atoms with Gasteiger partial charge in [0.1, 0.15) is 6.61 Å². The van der Waals surface area contributed by atoms with Crippen molar-refractivity contribution in [1.29, 1.82) is 0 Å². The van der Waals surface area contributed by atoms with E-state index < -0.39 is 0 Å². The maximum atomic E-state index is 5.67. The van der Waals surface area contributed by atoms with E-state index in [2.05, 4.69) is 11.8 Å². The van der Waals surface area contributed by atoms with Gasteiger partial charge in [-0.2, -0.15) is 0 Å². The molecule has 0 amide bonds. The van der Waals surface area contributed by atoms with Crippen LogP contribution in [0.5, 0.6) is 0 Å². The van der Waals surface area contributed by atoms with Gasteiger partial charge < -0.3 is 4.74 Å². The largest absolute Gasteiger partial charge is 0.482 e. The highest BCUT2D eigenvalue weighted by molar-refractivity contribution is 7.80. The quantitative estimate of drug-likeness (QED) is 0.774. The van der Waals surface area contributed by atoms with Gasteiger partial charge in [-0.1, -0.05) is 36.8 Å². The molecule has 1 aromatic rings. The Morgan fingerprint density at radius 2 is 2.11 bits per heavy atom. The predicted molar refractivity (Wildman–Crippen MR) is 79.0 cm³/mol. The second kappa shape index (κ2) is 6.86. The molecule has 0 bridgehead atoms. The first-order valence-electron chi connectivity index (χ1n) is 6.73. The molecule has 0 saturated carbocycles. The molecule has 0 radical (unpaired) electrons. The van der Waals surface area contributed by atoms with Gasteiger partial charge in [0.15, 0.2) is 5.05 Å². The zero-order valence-electron chi connectivity index (χ0n) is 11.0. The molecule has 2 rings (SSSR count). The van der Waals surface area contributed by atoms with Crippen molar-refractivity contribution in [3.8, 4) is 0 Å². The van der Waals surface area contributed by atoms with Crippen LogP contribution in [-0.4, -0.2) is 35.7 Å². The van der Waals surface area contributed by atoms with Gasteiger partial charge in [-0.25, -0.2) is 0 Å². The molecule has 2 nitrogen and oxygen atoms in total. The van der Waals surface area contributed by atoms with E-state index >= 15 is 0 Å². The van der Waals surface area contributed by atoms with Crippen molar-refractivity contribution in [1.82, 2.24) is 4.90 Å². The Labute approximate surface area is 115 Å². The molecule has 1 atom stereocenters. The minimum absolute atomic E-state index is 0.611. The number of piperidine rings is 1. The zero-order valence-corrected chi connectivity index (χ0v) is 11.8. The summed E-state index contributed by atoms with van der Waals surface area (Å²) in [5.74, 6) is 0. The van der Waals surface area contributed by atoms with Crippen molar-refractivity contribution < 1.29 is 4.74 Å². The fourth-order valence-corrected chi connectivity index (χ4v) is 2.62. The molecule has 1 heterocycles. The summed E-state index contributed by atoms with van der Waals surface area (Å²) in [4.78, 5) is 2.50. The summed E-state index contributed by atoms with van der Waals surface area (Å²) in [6.45, 7) is 5.17. The van der Waals surface area contributed by atoms with Crippen molar-refractivity contribution in [3.63, 3.8) is 0 Å². The van der Waals surface area contributed by atoms with E-state index in [4.69, 9.17) is 17.0 Å². The minimum atomic E-state index is 0.611. The first-order chi connectivity index (χ1) is 8.77. The Morgan fingerprint density at radius 3 is 2.83 bits per heavy atom. The number of nitrogens with zero attached hydrogens (tertiary/aromatic N) is 1. The molecule has 1 aliphatic rings. The van der Waals surface area contributed by atoms with Crippen molar-refractivity contribution >= 4 is 17.3 Å². The van der Waals surface area contributed by atoms with Crippen LogP contribution in [0.3, 0.4) is 0 Å². The summed E-state index contributed by atoms with van der Waals surface area (Å²) in [6, 6.07) is 10.6. The highest BCUT2D eigenvalue weighted by Gasteiger charge is 2.17. The molecule has 18 heavy (non-hydrogen) atoms. The van der Waals surface area contributed by atoms with Crippen LogP contribution in [0, 0.1) is 0 Å². The lowest BCUT2D eigenvalue weighted by Crippen LogP contribution is -2.39. The topological polar surface area (TPSA) is 12.5 Å².